The van der Waals surface area contributed by atoms with Gasteiger partial charge in [0.15, 0.2) is 0 Å². The van der Waals surface area contributed by atoms with Gasteiger partial charge < -0.3 is 5.11 Å². The summed E-state index contributed by atoms with van der Waals surface area (Å²) in [6.45, 7) is 0.0851. The summed E-state index contributed by atoms with van der Waals surface area (Å²) >= 11 is 0. The molecule has 0 bridgehead atoms. The zero-order valence-corrected chi connectivity index (χ0v) is 11.0. The molecular formula is C14H19NO4. The summed E-state index contributed by atoms with van der Waals surface area (Å²) in [5, 5.41) is 9.19. The predicted octanol–water partition coefficient (Wildman–Crippen LogP) is 1.56. The summed E-state index contributed by atoms with van der Waals surface area (Å²) < 4.78 is 0. The third-order valence-corrected chi connectivity index (χ3v) is 5.07. The lowest BCUT2D eigenvalue weighted by Crippen LogP contribution is -2.41. The van der Waals surface area contributed by atoms with Crippen molar-refractivity contribution < 1.29 is 19.5 Å². The van der Waals surface area contributed by atoms with Crippen LogP contribution in [0.15, 0.2) is 0 Å². The number of carbonyl (C=O) groups is 3. The molecule has 3 aliphatic rings. The van der Waals surface area contributed by atoms with Crippen LogP contribution in [0, 0.1) is 10.8 Å². The first-order valence-corrected chi connectivity index (χ1v) is 7.07. The van der Waals surface area contributed by atoms with Gasteiger partial charge in [0.25, 0.3) is 0 Å². The zero-order chi connectivity index (χ0) is 13.7. The lowest BCUT2D eigenvalue weighted by molar-refractivity contribution is -0.148. The molecule has 0 aromatic carbocycles. The molecule has 0 atom stereocenters. The van der Waals surface area contributed by atoms with Gasteiger partial charge >= 0.3 is 5.97 Å². The summed E-state index contributed by atoms with van der Waals surface area (Å²) in [5.41, 5.74) is -1.34. The molecule has 19 heavy (non-hydrogen) atoms. The zero-order valence-electron chi connectivity index (χ0n) is 11.0. The molecule has 1 saturated heterocycles. The standard InChI is InChI=1S/C14H19NO4/c16-10-8-13(4-2-1-3-5-13)11(17)15(10)9-14(6-7-14)12(18)19/h1-9H2,(H,18,19). The van der Waals surface area contributed by atoms with Crippen molar-refractivity contribution in [2.24, 2.45) is 10.8 Å². The number of nitrogens with zero attached hydrogens (tertiary/aromatic N) is 1. The number of hydrogen-bond acceptors (Lipinski definition) is 3. The van der Waals surface area contributed by atoms with Crippen LogP contribution in [-0.4, -0.2) is 34.3 Å². The number of rotatable bonds is 3. The number of likely N-dealkylation sites (tertiary alicyclic amines) is 1. The third kappa shape index (κ3) is 1.86. The maximum absolute atomic E-state index is 12.5. The maximum Gasteiger partial charge on any atom is 0.311 e. The van der Waals surface area contributed by atoms with Crippen LogP contribution in [0.4, 0.5) is 0 Å². The number of hydrogen-bond donors (Lipinski definition) is 1. The molecule has 1 N–H and O–H groups in total. The molecule has 3 fully saturated rings. The lowest BCUT2D eigenvalue weighted by Gasteiger charge is -2.31. The molecule has 0 aromatic rings. The average Bonchev–Trinajstić information content (AvgIpc) is 3.13. The van der Waals surface area contributed by atoms with Gasteiger partial charge in [-0.1, -0.05) is 19.3 Å². The van der Waals surface area contributed by atoms with Crippen molar-refractivity contribution in [2.45, 2.75) is 51.4 Å². The Morgan fingerprint density at radius 2 is 1.74 bits per heavy atom. The molecule has 1 spiro atoms. The van der Waals surface area contributed by atoms with E-state index < -0.39 is 16.8 Å². The molecule has 2 saturated carbocycles. The summed E-state index contributed by atoms with van der Waals surface area (Å²) in [7, 11) is 0. The van der Waals surface area contributed by atoms with Gasteiger partial charge in [-0.05, 0) is 25.7 Å². The Hall–Kier alpha value is -1.39. The van der Waals surface area contributed by atoms with E-state index in [9.17, 15) is 19.5 Å². The van der Waals surface area contributed by atoms with Gasteiger partial charge in [-0.15, -0.1) is 0 Å². The lowest BCUT2D eigenvalue weighted by atomic mass is 9.73. The van der Waals surface area contributed by atoms with Crippen molar-refractivity contribution in [3.05, 3.63) is 0 Å². The molecule has 1 heterocycles. The van der Waals surface area contributed by atoms with E-state index in [1.54, 1.807) is 0 Å². The minimum atomic E-state index is -0.877. The van der Waals surface area contributed by atoms with Crippen LogP contribution in [0.2, 0.25) is 0 Å². The van der Waals surface area contributed by atoms with Crippen LogP contribution in [0.1, 0.15) is 51.4 Å². The Morgan fingerprint density at radius 1 is 1.11 bits per heavy atom. The van der Waals surface area contributed by atoms with Crippen LogP contribution in [0.25, 0.3) is 0 Å². The van der Waals surface area contributed by atoms with E-state index in [2.05, 4.69) is 0 Å². The average molecular weight is 265 g/mol. The van der Waals surface area contributed by atoms with Gasteiger partial charge in [0.05, 0.1) is 10.8 Å². The largest absolute Gasteiger partial charge is 0.481 e. The van der Waals surface area contributed by atoms with Crippen molar-refractivity contribution >= 4 is 17.8 Å². The molecule has 3 rings (SSSR count). The fourth-order valence-corrected chi connectivity index (χ4v) is 3.53. The molecule has 0 unspecified atom stereocenters. The highest BCUT2D eigenvalue weighted by molar-refractivity contribution is 6.06. The van der Waals surface area contributed by atoms with Crippen molar-refractivity contribution in [1.82, 2.24) is 4.90 Å². The highest BCUT2D eigenvalue weighted by Crippen LogP contribution is 2.50. The predicted molar refractivity (Wildman–Crippen MR) is 66.2 cm³/mol. The first-order chi connectivity index (χ1) is 8.99. The van der Waals surface area contributed by atoms with Gasteiger partial charge in [-0.2, -0.15) is 0 Å². The summed E-state index contributed by atoms with van der Waals surface area (Å²) in [6.07, 6.45) is 6.14. The molecule has 104 valence electrons. The van der Waals surface area contributed by atoms with E-state index in [0.29, 0.717) is 19.3 Å². The molecule has 1 aliphatic heterocycles. The van der Waals surface area contributed by atoms with Crippen LogP contribution in [0.5, 0.6) is 0 Å². The Labute approximate surface area is 112 Å². The highest BCUT2D eigenvalue weighted by atomic mass is 16.4. The summed E-state index contributed by atoms with van der Waals surface area (Å²) in [6, 6.07) is 0. The van der Waals surface area contributed by atoms with E-state index in [4.69, 9.17) is 0 Å². The first-order valence-electron chi connectivity index (χ1n) is 7.07. The highest BCUT2D eigenvalue weighted by Gasteiger charge is 2.58. The van der Waals surface area contributed by atoms with Crippen LogP contribution >= 0.6 is 0 Å². The maximum atomic E-state index is 12.5. The SMILES string of the molecule is O=C1CC2(CCCCC2)C(=O)N1CC1(C(=O)O)CC1. The molecule has 0 aromatic heterocycles. The number of amides is 2. The van der Waals surface area contributed by atoms with Crippen molar-refractivity contribution in [1.29, 1.82) is 0 Å². The Kier molecular flexibility index (Phi) is 2.69. The van der Waals surface area contributed by atoms with Crippen molar-refractivity contribution in [3.8, 4) is 0 Å². The molecular weight excluding hydrogens is 246 g/mol. The van der Waals surface area contributed by atoms with Gasteiger partial charge in [-0.3, -0.25) is 19.3 Å². The van der Waals surface area contributed by atoms with E-state index in [-0.39, 0.29) is 18.4 Å². The van der Waals surface area contributed by atoms with Gasteiger partial charge in [0.1, 0.15) is 0 Å². The Bertz CT molecular complexity index is 446. The van der Waals surface area contributed by atoms with E-state index >= 15 is 0 Å². The van der Waals surface area contributed by atoms with Crippen LogP contribution in [-0.2, 0) is 14.4 Å². The molecule has 2 amide bonds. The topological polar surface area (TPSA) is 74.7 Å². The number of carboxylic acid groups (broad SMARTS) is 1. The van der Waals surface area contributed by atoms with Gasteiger partial charge in [0, 0.05) is 13.0 Å². The monoisotopic (exact) mass is 265 g/mol. The van der Waals surface area contributed by atoms with Gasteiger partial charge in [0.2, 0.25) is 11.8 Å². The quantitative estimate of drug-likeness (QED) is 0.786. The van der Waals surface area contributed by atoms with Crippen LogP contribution in [0.3, 0.4) is 0 Å². The molecule has 5 nitrogen and oxygen atoms in total. The van der Waals surface area contributed by atoms with Crippen LogP contribution < -0.4 is 0 Å². The van der Waals surface area contributed by atoms with E-state index in [1.807, 2.05) is 0 Å². The van der Waals surface area contributed by atoms with Crippen molar-refractivity contribution in [3.63, 3.8) is 0 Å². The number of aliphatic carboxylic acids is 1. The second-order valence-corrected chi connectivity index (χ2v) is 6.39. The minimum absolute atomic E-state index is 0.0851. The number of carbonyl (C=O) groups excluding carboxylic acids is 2. The Balaban J connectivity index is 1.78. The normalized spacial score (nSPS) is 27.9. The van der Waals surface area contributed by atoms with E-state index in [0.717, 1.165) is 32.1 Å². The number of imide groups is 1. The Morgan fingerprint density at radius 3 is 2.26 bits per heavy atom. The smallest absolute Gasteiger partial charge is 0.311 e. The minimum Gasteiger partial charge on any atom is -0.481 e. The van der Waals surface area contributed by atoms with E-state index in [1.165, 1.54) is 4.90 Å². The van der Waals surface area contributed by atoms with Gasteiger partial charge in [-0.25, -0.2) is 0 Å². The molecule has 2 aliphatic carbocycles. The number of carboxylic acids is 1. The second kappa shape index (κ2) is 4.05. The molecule has 5 heteroatoms. The first kappa shape index (κ1) is 12.6. The third-order valence-electron chi connectivity index (χ3n) is 5.07. The fourth-order valence-electron chi connectivity index (χ4n) is 3.53. The molecule has 0 radical (unpaired) electrons. The second-order valence-electron chi connectivity index (χ2n) is 6.39. The fraction of sp³-hybridized carbons (Fsp3) is 0.786. The van der Waals surface area contributed by atoms with Crippen molar-refractivity contribution in [2.75, 3.05) is 6.54 Å². The summed E-state index contributed by atoms with van der Waals surface area (Å²) in [4.78, 5) is 37.1. The summed E-state index contributed by atoms with van der Waals surface area (Å²) in [5.74, 6) is -1.15.